The fourth-order valence-corrected chi connectivity index (χ4v) is 3.13. The lowest BCUT2D eigenvalue weighted by molar-refractivity contribution is 0.406. The first kappa shape index (κ1) is 18.4. The standard InChI is InChI=1S/C21H26N4S/c1-3-13-22-21(26)25(15-17-10-8-16(2)9-11-17)14-12-20-23-18-6-4-5-7-19(18)24-20/h4-11H,3,12-15H2,1-2H3,(H,22,26)(H,23,24). The molecule has 0 spiro atoms. The average molecular weight is 367 g/mol. The number of aromatic nitrogens is 2. The summed E-state index contributed by atoms with van der Waals surface area (Å²) in [7, 11) is 0. The van der Waals surface area contributed by atoms with Crippen LogP contribution in [-0.4, -0.2) is 33.1 Å². The van der Waals surface area contributed by atoms with E-state index in [0.29, 0.717) is 0 Å². The first-order valence-electron chi connectivity index (χ1n) is 9.17. The van der Waals surface area contributed by atoms with Gasteiger partial charge in [0.2, 0.25) is 0 Å². The Morgan fingerprint density at radius 2 is 1.92 bits per heavy atom. The van der Waals surface area contributed by atoms with Gasteiger partial charge in [-0.15, -0.1) is 0 Å². The van der Waals surface area contributed by atoms with Gasteiger partial charge in [-0.2, -0.15) is 0 Å². The number of benzene rings is 2. The smallest absolute Gasteiger partial charge is 0.169 e. The number of aryl methyl sites for hydroxylation is 1. The highest BCUT2D eigenvalue weighted by Gasteiger charge is 2.12. The second-order valence-corrected chi connectivity index (χ2v) is 6.98. The molecule has 0 atom stereocenters. The van der Waals surface area contributed by atoms with E-state index in [2.05, 4.69) is 64.4 Å². The van der Waals surface area contributed by atoms with Crippen molar-refractivity contribution in [3.63, 3.8) is 0 Å². The number of para-hydroxylation sites is 2. The van der Waals surface area contributed by atoms with Gasteiger partial charge < -0.3 is 15.2 Å². The first-order valence-corrected chi connectivity index (χ1v) is 9.58. The molecule has 4 nitrogen and oxygen atoms in total. The Morgan fingerprint density at radius 3 is 2.65 bits per heavy atom. The molecule has 0 fully saturated rings. The third-order valence-electron chi connectivity index (χ3n) is 4.36. The number of hydrogen-bond acceptors (Lipinski definition) is 2. The molecular formula is C21H26N4S. The maximum Gasteiger partial charge on any atom is 0.169 e. The van der Waals surface area contributed by atoms with Crippen molar-refractivity contribution in [2.24, 2.45) is 0 Å². The van der Waals surface area contributed by atoms with Crippen molar-refractivity contribution in [3.05, 3.63) is 65.5 Å². The number of thiocarbonyl (C=S) groups is 1. The number of nitrogens with one attached hydrogen (secondary N) is 2. The van der Waals surface area contributed by atoms with E-state index in [1.807, 2.05) is 18.2 Å². The van der Waals surface area contributed by atoms with Crippen LogP contribution in [0.3, 0.4) is 0 Å². The van der Waals surface area contributed by atoms with Gasteiger partial charge in [0, 0.05) is 26.1 Å². The molecule has 5 heteroatoms. The topological polar surface area (TPSA) is 44.0 Å². The zero-order valence-electron chi connectivity index (χ0n) is 15.5. The van der Waals surface area contributed by atoms with E-state index in [4.69, 9.17) is 12.2 Å². The fourth-order valence-electron chi connectivity index (χ4n) is 2.87. The van der Waals surface area contributed by atoms with Gasteiger partial charge >= 0.3 is 0 Å². The largest absolute Gasteiger partial charge is 0.363 e. The van der Waals surface area contributed by atoms with Crippen LogP contribution in [0.5, 0.6) is 0 Å². The fraction of sp³-hybridized carbons (Fsp3) is 0.333. The number of hydrogen-bond donors (Lipinski definition) is 2. The van der Waals surface area contributed by atoms with Gasteiger partial charge in [0.25, 0.3) is 0 Å². The molecule has 0 amide bonds. The minimum Gasteiger partial charge on any atom is -0.363 e. The lowest BCUT2D eigenvalue weighted by Gasteiger charge is -2.26. The van der Waals surface area contributed by atoms with E-state index >= 15 is 0 Å². The lowest BCUT2D eigenvalue weighted by atomic mass is 10.1. The minimum atomic E-state index is 0.802. The normalized spacial score (nSPS) is 10.8. The van der Waals surface area contributed by atoms with Crippen molar-refractivity contribution in [3.8, 4) is 0 Å². The summed E-state index contributed by atoms with van der Waals surface area (Å²) >= 11 is 5.63. The van der Waals surface area contributed by atoms with Crippen LogP contribution in [0, 0.1) is 6.92 Å². The van der Waals surface area contributed by atoms with Gasteiger partial charge in [0.1, 0.15) is 5.82 Å². The van der Waals surface area contributed by atoms with E-state index in [1.54, 1.807) is 0 Å². The van der Waals surface area contributed by atoms with Crippen molar-refractivity contribution < 1.29 is 0 Å². The Morgan fingerprint density at radius 1 is 1.15 bits per heavy atom. The molecule has 26 heavy (non-hydrogen) atoms. The molecule has 0 bridgehead atoms. The third-order valence-corrected chi connectivity index (χ3v) is 4.77. The molecule has 0 aliphatic heterocycles. The second-order valence-electron chi connectivity index (χ2n) is 6.59. The van der Waals surface area contributed by atoms with Gasteiger partial charge in [-0.3, -0.25) is 0 Å². The van der Waals surface area contributed by atoms with Crippen LogP contribution in [0.1, 0.15) is 30.3 Å². The zero-order valence-corrected chi connectivity index (χ0v) is 16.3. The molecule has 0 aliphatic rings. The number of imidazole rings is 1. The van der Waals surface area contributed by atoms with Gasteiger partial charge in [-0.25, -0.2) is 4.98 Å². The summed E-state index contributed by atoms with van der Waals surface area (Å²) in [4.78, 5) is 10.3. The van der Waals surface area contributed by atoms with E-state index in [-0.39, 0.29) is 0 Å². The molecule has 0 unspecified atom stereocenters. The van der Waals surface area contributed by atoms with Gasteiger partial charge in [-0.1, -0.05) is 48.9 Å². The van der Waals surface area contributed by atoms with Crippen molar-refractivity contribution in [2.75, 3.05) is 13.1 Å². The molecular weight excluding hydrogens is 340 g/mol. The Kier molecular flexibility index (Phi) is 6.23. The van der Waals surface area contributed by atoms with Crippen LogP contribution in [0.4, 0.5) is 0 Å². The molecule has 1 aromatic heterocycles. The van der Waals surface area contributed by atoms with Crippen LogP contribution < -0.4 is 5.32 Å². The summed E-state index contributed by atoms with van der Waals surface area (Å²) in [6, 6.07) is 16.8. The van der Waals surface area contributed by atoms with Crippen molar-refractivity contribution in [1.82, 2.24) is 20.2 Å². The van der Waals surface area contributed by atoms with Gasteiger partial charge in [-0.05, 0) is 43.3 Å². The Labute approximate surface area is 160 Å². The van der Waals surface area contributed by atoms with Crippen molar-refractivity contribution in [1.29, 1.82) is 0 Å². The maximum atomic E-state index is 5.63. The lowest BCUT2D eigenvalue weighted by Crippen LogP contribution is -2.40. The second kappa shape index (κ2) is 8.81. The van der Waals surface area contributed by atoms with Crippen LogP contribution >= 0.6 is 12.2 Å². The van der Waals surface area contributed by atoms with Crippen molar-refractivity contribution in [2.45, 2.75) is 33.2 Å². The zero-order chi connectivity index (χ0) is 18.4. The highest BCUT2D eigenvalue weighted by atomic mass is 32.1. The molecule has 3 aromatic rings. The summed E-state index contributed by atoms with van der Waals surface area (Å²) in [5, 5.41) is 4.16. The first-order chi connectivity index (χ1) is 12.7. The van der Waals surface area contributed by atoms with Gasteiger partial charge in [0.05, 0.1) is 11.0 Å². The van der Waals surface area contributed by atoms with Crippen LogP contribution in [0.25, 0.3) is 11.0 Å². The van der Waals surface area contributed by atoms with Crippen molar-refractivity contribution >= 4 is 28.4 Å². The summed E-state index contributed by atoms with van der Waals surface area (Å²) in [6.45, 7) is 6.78. The number of nitrogens with zero attached hydrogens (tertiary/aromatic N) is 2. The maximum absolute atomic E-state index is 5.63. The molecule has 0 saturated carbocycles. The Balaban J connectivity index is 1.69. The number of rotatable bonds is 7. The van der Waals surface area contributed by atoms with E-state index in [0.717, 1.165) is 54.4 Å². The Hall–Kier alpha value is -2.40. The predicted molar refractivity (Wildman–Crippen MR) is 112 cm³/mol. The van der Waals surface area contributed by atoms with Crippen LogP contribution in [0.15, 0.2) is 48.5 Å². The minimum absolute atomic E-state index is 0.802. The molecule has 2 N–H and O–H groups in total. The van der Waals surface area contributed by atoms with Crippen LogP contribution in [0.2, 0.25) is 0 Å². The SMILES string of the molecule is CCCNC(=S)N(CCc1nc2ccccc2[nH]1)Cc1ccc(C)cc1. The van der Waals surface area contributed by atoms with E-state index < -0.39 is 0 Å². The predicted octanol–water partition coefficient (Wildman–Crippen LogP) is 4.20. The molecule has 0 saturated heterocycles. The summed E-state index contributed by atoms with van der Waals surface area (Å²) in [5.41, 5.74) is 4.63. The summed E-state index contributed by atoms with van der Waals surface area (Å²) < 4.78 is 0. The molecule has 3 rings (SSSR count). The molecule has 136 valence electrons. The Bertz CT molecular complexity index is 821. The average Bonchev–Trinajstić information content (AvgIpc) is 3.07. The quantitative estimate of drug-likeness (QED) is 0.615. The summed E-state index contributed by atoms with van der Waals surface area (Å²) in [5.74, 6) is 0.999. The third kappa shape index (κ3) is 4.82. The summed E-state index contributed by atoms with van der Waals surface area (Å²) in [6.07, 6.45) is 1.89. The van der Waals surface area contributed by atoms with E-state index in [9.17, 15) is 0 Å². The van der Waals surface area contributed by atoms with E-state index in [1.165, 1.54) is 11.1 Å². The molecule has 0 aliphatic carbocycles. The number of H-pyrrole nitrogens is 1. The highest BCUT2D eigenvalue weighted by Crippen LogP contribution is 2.12. The number of fused-ring (bicyclic) bond motifs is 1. The molecule has 0 radical (unpaired) electrons. The number of aromatic amines is 1. The highest BCUT2D eigenvalue weighted by molar-refractivity contribution is 7.80. The van der Waals surface area contributed by atoms with Crippen LogP contribution in [-0.2, 0) is 13.0 Å². The monoisotopic (exact) mass is 366 g/mol. The molecule has 2 aromatic carbocycles. The van der Waals surface area contributed by atoms with Gasteiger partial charge in [0.15, 0.2) is 5.11 Å². The molecule has 1 heterocycles.